The fraction of sp³-hybridized carbons (Fsp3) is 0.462. The van der Waals surface area contributed by atoms with Crippen molar-refractivity contribution in [3.63, 3.8) is 0 Å². The van der Waals surface area contributed by atoms with E-state index in [0.29, 0.717) is 5.75 Å². The van der Waals surface area contributed by atoms with E-state index in [1.807, 2.05) is 12.1 Å². The Morgan fingerprint density at radius 2 is 1.94 bits per heavy atom. The summed E-state index contributed by atoms with van der Waals surface area (Å²) in [5.41, 5.74) is 7.11. The van der Waals surface area contributed by atoms with Gasteiger partial charge >= 0.3 is 5.97 Å². The third-order valence-electron chi connectivity index (χ3n) is 2.44. The molecule has 0 aliphatic rings. The van der Waals surface area contributed by atoms with Crippen LogP contribution in [0.5, 0.6) is 5.75 Å². The minimum Gasteiger partial charge on any atom is -0.427 e. The topological polar surface area (TPSA) is 52.3 Å². The van der Waals surface area contributed by atoms with E-state index in [4.69, 9.17) is 10.5 Å². The highest BCUT2D eigenvalue weighted by Crippen LogP contribution is 2.20. The lowest BCUT2D eigenvalue weighted by molar-refractivity contribution is -0.131. The first-order valence-corrected chi connectivity index (χ1v) is 5.67. The lowest BCUT2D eigenvalue weighted by Crippen LogP contribution is -2.10. The highest BCUT2D eigenvalue weighted by Gasteiger charge is 2.05. The molecule has 0 spiro atoms. The summed E-state index contributed by atoms with van der Waals surface area (Å²) in [6.07, 6.45) is 3.27. The molecular weight excluding hydrogens is 238 g/mol. The van der Waals surface area contributed by atoms with Crippen LogP contribution in [0.25, 0.3) is 0 Å². The van der Waals surface area contributed by atoms with Gasteiger partial charge < -0.3 is 10.5 Å². The zero-order valence-electron chi connectivity index (χ0n) is 10.3. The number of halogens is 1. The van der Waals surface area contributed by atoms with E-state index in [1.54, 1.807) is 12.1 Å². The number of carbonyl (C=O) groups is 1. The summed E-state index contributed by atoms with van der Waals surface area (Å²) in [4.78, 5) is 10.7. The van der Waals surface area contributed by atoms with Gasteiger partial charge in [0.25, 0.3) is 0 Å². The normalized spacial score (nSPS) is 11.5. The molecule has 3 nitrogen and oxygen atoms in total. The van der Waals surface area contributed by atoms with Crippen LogP contribution in [0, 0.1) is 0 Å². The second-order valence-electron chi connectivity index (χ2n) is 3.91. The molecule has 0 unspecified atom stereocenters. The van der Waals surface area contributed by atoms with Crippen LogP contribution < -0.4 is 10.5 Å². The number of hydrogen-bond acceptors (Lipinski definition) is 3. The fourth-order valence-corrected chi connectivity index (χ4v) is 1.54. The molecule has 0 heterocycles. The average molecular weight is 258 g/mol. The lowest BCUT2D eigenvalue weighted by atomic mass is 10.0. The van der Waals surface area contributed by atoms with Crippen LogP contribution in [0.4, 0.5) is 0 Å². The Morgan fingerprint density at radius 1 is 1.35 bits per heavy atom. The first kappa shape index (κ1) is 15.9. The number of hydrogen-bond donors (Lipinski definition) is 1. The van der Waals surface area contributed by atoms with Crippen molar-refractivity contribution >= 4 is 18.4 Å². The fourth-order valence-electron chi connectivity index (χ4n) is 1.54. The van der Waals surface area contributed by atoms with Crippen molar-refractivity contribution in [1.29, 1.82) is 0 Å². The molecule has 1 rings (SSSR count). The molecular formula is C13H20ClNO2. The van der Waals surface area contributed by atoms with Crippen LogP contribution in [0.1, 0.15) is 44.7 Å². The zero-order chi connectivity index (χ0) is 12.0. The predicted octanol–water partition coefficient (Wildman–Crippen LogP) is 3.22. The SMILES string of the molecule is CCCC[C@H](N)c1ccc(OC(C)=O)cc1.Cl. The van der Waals surface area contributed by atoms with Crippen molar-refractivity contribution in [3.8, 4) is 5.75 Å². The van der Waals surface area contributed by atoms with Crippen molar-refractivity contribution in [1.82, 2.24) is 0 Å². The van der Waals surface area contributed by atoms with Gasteiger partial charge in [-0.25, -0.2) is 0 Å². The minimum absolute atomic E-state index is 0. The van der Waals surface area contributed by atoms with E-state index in [1.165, 1.54) is 6.92 Å². The number of rotatable bonds is 5. The van der Waals surface area contributed by atoms with Gasteiger partial charge in [0.15, 0.2) is 0 Å². The van der Waals surface area contributed by atoms with Crippen LogP contribution >= 0.6 is 12.4 Å². The predicted molar refractivity (Wildman–Crippen MR) is 71.5 cm³/mol. The zero-order valence-corrected chi connectivity index (χ0v) is 11.1. The molecule has 1 atom stereocenters. The molecule has 1 aromatic rings. The quantitative estimate of drug-likeness (QED) is 0.651. The molecule has 1 aromatic carbocycles. The van der Waals surface area contributed by atoms with Gasteiger partial charge in [0.1, 0.15) is 5.75 Å². The molecule has 0 aliphatic carbocycles. The lowest BCUT2D eigenvalue weighted by Gasteiger charge is -2.11. The summed E-state index contributed by atoms with van der Waals surface area (Å²) in [5.74, 6) is 0.266. The van der Waals surface area contributed by atoms with Gasteiger partial charge in [0.2, 0.25) is 0 Å². The van der Waals surface area contributed by atoms with E-state index < -0.39 is 0 Å². The Morgan fingerprint density at radius 3 is 2.41 bits per heavy atom. The minimum atomic E-state index is -0.303. The Kier molecular flexibility index (Phi) is 7.59. The maximum absolute atomic E-state index is 10.7. The number of carbonyl (C=O) groups excluding carboxylic acids is 1. The van der Waals surface area contributed by atoms with Gasteiger partial charge in [-0.2, -0.15) is 0 Å². The van der Waals surface area contributed by atoms with Gasteiger partial charge in [0, 0.05) is 13.0 Å². The van der Waals surface area contributed by atoms with E-state index in [2.05, 4.69) is 6.92 Å². The maximum atomic E-state index is 10.7. The van der Waals surface area contributed by atoms with Gasteiger partial charge in [-0.15, -0.1) is 12.4 Å². The Bertz CT molecular complexity index is 338. The van der Waals surface area contributed by atoms with Crippen LogP contribution in [0.15, 0.2) is 24.3 Å². The molecule has 0 aliphatic heterocycles. The Balaban J connectivity index is 0.00000256. The standard InChI is InChI=1S/C13H19NO2.ClH/c1-3-4-5-13(14)11-6-8-12(9-7-11)16-10(2)15;/h6-9,13H,3-5,14H2,1-2H3;1H/t13-;/m0./s1. The molecule has 0 amide bonds. The summed E-state index contributed by atoms with van der Waals surface area (Å²) in [6.45, 7) is 3.54. The summed E-state index contributed by atoms with van der Waals surface area (Å²) < 4.78 is 4.95. The van der Waals surface area contributed by atoms with Crippen molar-refractivity contribution in [2.45, 2.75) is 39.2 Å². The molecule has 17 heavy (non-hydrogen) atoms. The largest absolute Gasteiger partial charge is 0.427 e. The Hall–Kier alpha value is -1.06. The van der Waals surface area contributed by atoms with Gasteiger partial charge in [0.05, 0.1) is 0 Å². The number of unbranched alkanes of at least 4 members (excludes halogenated alkanes) is 1. The third-order valence-corrected chi connectivity index (χ3v) is 2.44. The van der Waals surface area contributed by atoms with Crippen LogP contribution in [-0.2, 0) is 4.79 Å². The number of ether oxygens (including phenoxy) is 1. The molecule has 96 valence electrons. The number of nitrogens with two attached hydrogens (primary N) is 1. The van der Waals surface area contributed by atoms with Crippen LogP contribution in [0.2, 0.25) is 0 Å². The van der Waals surface area contributed by atoms with Crippen molar-refractivity contribution in [2.24, 2.45) is 5.73 Å². The van der Waals surface area contributed by atoms with Gasteiger partial charge in [-0.3, -0.25) is 4.79 Å². The van der Waals surface area contributed by atoms with Crippen molar-refractivity contribution in [2.75, 3.05) is 0 Å². The van der Waals surface area contributed by atoms with E-state index in [9.17, 15) is 4.79 Å². The Labute approximate surface area is 109 Å². The molecule has 0 saturated carbocycles. The van der Waals surface area contributed by atoms with Gasteiger partial charge in [-0.05, 0) is 24.1 Å². The van der Waals surface area contributed by atoms with Crippen molar-refractivity contribution < 1.29 is 9.53 Å². The second kappa shape index (κ2) is 8.09. The monoisotopic (exact) mass is 257 g/mol. The second-order valence-corrected chi connectivity index (χ2v) is 3.91. The highest BCUT2D eigenvalue weighted by molar-refractivity contribution is 5.85. The summed E-state index contributed by atoms with van der Waals surface area (Å²) in [5, 5.41) is 0. The molecule has 0 radical (unpaired) electrons. The molecule has 4 heteroatoms. The first-order valence-electron chi connectivity index (χ1n) is 5.67. The number of benzene rings is 1. The summed E-state index contributed by atoms with van der Waals surface area (Å²) in [7, 11) is 0. The average Bonchev–Trinajstić information content (AvgIpc) is 2.26. The molecule has 0 saturated heterocycles. The molecule has 2 N–H and O–H groups in total. The maximum Gasteiger partial charge on any atom is 0.308 e. The summed E-state index contributed by atoms with van der Waals surface area (Å²) >= 11 is 0. The third kappa shape index (κ3) is 5.71. The van der Waals surface area contributed by atoms with Crippen molar-refractivity contribution in [3.05, 3.63) is 29.8 Å². The molecule has 0 aromatic heterocycles. The van der Waals surface area contributed by atoms with E-state index in [0.717, 1.165) is 24.8 Å². The van der Waals surface area contributed by atoms with Crippen LogP contribution in [0.3, 0.4) is 0 Å². The van der Waals surface area contributed by atoms with Crippen LogP contribution in [-0.4, -0.2) is 5.97 Å². The first-order chi connectivity index (χ1) is 7.63. The molecule has 0 fully saturated rings. The number of esters is 1. The smallest absolute Gasteiger partial charge is 0.308 e. The van der Waals surface area contributed by atoms with Gasteiger partial charge in [-0.1, -0.05) is 31.9 Å². The van der Waals surface area contributed by atoms with E-state index >= 15 is 0 Å². The highest BCUT2D eigenvalue weighted by atomic mass is 35.5. The summed E-state index contributed by atoms with van der Waals surface area (Å²) in [6, 6.07) is 7.47. The van der Waals surface area contributed by atoms with E-state index in [-0.39, 0.29) is 24.4 Å². The molecule has 0 bridgehead atoms.